The van der Waals surface area contributed by atoms with E-state index in [-0.39, 0.29) is 6.10 Å². The Balaban J connectivity index is 1.97. The van der Waals surface area contributed by atoms with E-state index in [1.165, 1.54) is 0 Å². The molecule has 0 saturated heterocycles. The van der Waals surface area contributed by atoms with Crippen LogP contribution >= 0.6 is 0 Å². The van der Waals surface area contributed by atoms with Crippen molar-refractivity contribution in [3.8, 4) is 11.5 Å². The molecule has 3 rings (SSSR count). The number of anilines is 1. The molecule has 6 nitrogen and oxygen atoms in total. The first-order chi connectivity index (χ1) is 13.1. The number of hydrogen-bond donors (Lipinski definition) is 1. The molecule has 0 fully saturated rings. The van der Waals surface area contributed by atoms with E-state index in [0.717, 1.165) is 34.0 Å². The van der Waals surface area contributed by atoms with Gasteiger partial charge in [-0.1, -0.05) is 24.3 Å². The standard InChI is InChI=1S/C21H25N3O3/c1-24-18(13-14-5-9-16(25-2)10-6-14)19(23-21(24)22)20(27-4)15-7-11-17(26-3)12-8-15/h5-12,20H,13H2,1-4H3,(H2,22,23). The molecule has 0 aliphatic rings. The summed E-state index contributed by atoms with van der Waals surface area (Å²) in [5.41, 5.74) is 10.1. The Morgan fingerprint density at radius 3 is 2.00 bits per heavy atom. The molecule has 1 atom stereocenters. The Hall–Kier alpha value is -2.99. The number of ether oxygens (including phenoxy) is 3. The molecule has 3 aromatic rings. The summed E-state index contributed by atoms with van der Waals surface area (Å²) in [6.07, 6.45) is 0.378. The highest BCUT2D eigenvalue weighted by molar-refractivity contribution is 5.40. The molecule has 1 unspecified atom stereocenters. The van der Waals surface area contributed by atoms with Gasteiger partial charge in [0.2, 0.25) is 0 Å². The van der Waals surface area contributed by atoms with Crippen molar-refractivity contribution in [2.24, 2.45) is 7.05 Å². The first-order valence-electron chi connectivity index (χ1n) is 8.68. The van der Waals surface area contributed by atoms with Crippen molar-refractivity contribution in [2.75, 3.05) is 27.1 Å². The Bertz CT molecular complexity index is 886. The Kier molecular flexibility index (Phi) is 5.66. The van der Waals surface area contributed by atoms with Gasteiger partial charge < -0.3 is 24.5 Å². The van der Waals surface area contributed by atoms with Gasteiger partial charge in [0.05, 0.1) is 19.9 Å². The number of methoxy groups -OCH3 is 3. The minimum Gasteiger partial charge on any atom is -0.497 e. The third-order valence-electron chi connectivity index (χ3n) is 4.71. The van der Waals surface area contributed by atoms with Crippen LogP contribution in [0.15, 0.2) is 48.5 Å². The molecule has 0 bridgehead atoms. The molecule has 0 aliphatic carbocycles. The van der Waals surface area contributed by atoms with Gasteiger partial charge in [0.1, 0.15) is 17.6 Å². The van der Waals surface area contributed by atoms with Crippen molar-refractivity contribution >= 4 is 5.95 Å². The summed E-state index contributed by atoms with van der Waals surface area (Å²) >= 11 is 0. The highest BCUT2D eigenvalue weighted by Gasteiger charge is 2.23. The van der Waals surface area contributed by atoms with E-state index in [0.29, 0.717) is 12.4 Å². The van der Waals surface area contributed by atoms with Crippen LogP contribution in [0.3, 0.4) is 0 Å². The normalized spacial score (nSPS) is 12.0. The fourth-order valence-electron chi connectivity index (χ4n) is 3.11. The maximum atomic E-state index is 6.11. The second-order valence-corrected chi connectivity index (χ2v) is 6.27. The molecular formula is C21H25N3O3. The summed E-state index contributed by atoms with van der Waals surface area (Å²) in [6, 6.07) is 15.8. The summed E-state index contributed by atoms with van der Waals surface area (Å²) in [5, 5.41) is 0. The molecule has 27 heavy (non-hydrogen) atoms. The molecule has 0 radical (unpaired) electrons. The maximum absolute atomic E-state index is 6.11. The van der Waals surface area contributed by atoms with Crippen LogP contribution in [0.1, 0.15) is 28.6 Å². The number of hydrogen-bond acceptors (Lipinski definition) is 5. The highest BCUT2D eigenvalue weighted by Crippen LogP contribution is 2.31. The van der Waals surface area contributed by atoms with E-state index in [2.05, 4.69) is 4.98 Å². The van der Waals surface area contributed by atoms with Crippen LogP contribution in [0.25, 0.3) is 0 Å². The zero-order chi connectivity index (χ0) is 19.4. The minimum atomic E-state index is -0.312. The molecule has 2 N–H and O–H groups in total. The van der Waals surface area contributed by atoms with Crippen LogP contribution in [-0.4, -0.2) is 30.9 Å². The monoisotopic (exact) mass is 367 g/mol. The lowest BCUT2D eigenvalue weighted by Crippen LogP contribution is -2.09. The third-order valence-corrected chi connectivity index (χ3v) is 4.71. The minimum absolute atomic E-state index is 0.312. The topological polar surface area (TPSA) is 71.5 Å². The van der Waals surface area contributed by atoms with Crippen molar-refractivity contribution < 1.29 is 14.2 Å². The van der Waals surface area contributed by atoms with Gasteiger partial charge in [0, 0.05) is 26.3 Å². The number of nitrogens with two attached hydrogens (primary N) is 1. The lowest BCUT2D eigenvalue weighted by atomic mass is 10.0. The van der Waals surface area contributed by atoms with Crippen LogP contribution < -0.4 is 15.2 Å². The third kappa shape index (κ3) is 3.90. The van der Waals surface area contributed by atoms with Crippen LogP contribution in [0.4, 0.5) is 5.95 Å². The SMILES string of the molecule is COc1ccc(Cc2c(C(OC)c3ccc(OC)cc3)nc(N)n2C)cc1. The molecule has 6 heteroatoms. The van der Waals surface area contributed by atoms with Gasteiger partial charge in [-0.15, -0.1) is 0 Å². The van der Waals surface area contributed by atoms with Gasteiger partial charge in [-0.2, -0.15) is 0 Å². The number of benzene rings is 2. The van der Waals surface area contributed by atoms with E-state index in [1.807, 2.05) is 60.1 Å². The van der Waals surface area contributed by atoms with Gasteiger partial charge in [-0.05, 0) is 35.4 Å². The van der Waals surface area contributed by atoms with Gasteiger partial charge in [0.25, 0.3) is 0 Å². The van der Waals surface area contributed by atoms with E-state index < -0.39 is 0 Å². The van der Waals surface area contributed by atoms with E-state index in [4.69, 9.17) is 19.9 Å². The molecule has 0 saturated carbocycles. The number of nitrogens with zero attached hydrogens (tertiary/aromatic N) is 2. The maximum Gasteiger partial charge on any atom is 0.200 e. The smallest absolute Gasteiger partial charge is 0.200 e. The largest absolute Gasteiger partial charge is 0.497 e. The Labute approximate surface area is 159 Å². The van der Waals surface area contributed by atoms with Gasteiger partial charge in [-0.25, -0.2) is 4.98 Å². The summed E-state index contributed by atoms with van der Waals surface area (Å²) in [4.78, 5) is 4.59. The van der Waals surface area contributed by atoms with Gasteiger partial charge >= 0.3 is 0 Å². The van der Waals surface area contributed by atoms with Gasteiger partial charge in [-0.3, -0.25) is 0 Å². The first kappa shape index (κ1) is 18.8. The number of rotatable bonds is 7. The van der Waals surface area contributed by atoms with E-state index in [1.54, 1.807) is 21.3 Å². The zero-order valence-electron chi connectivity index (χ0n) is 16.1. The molecule has 2 aromatic carbocycles. The summed E-state index contributed by atoms with van der Waals surface area (Å²) in [7, 11) is 6.91. The van der Waals surface area contributed by atoms with Crippen molar-refractivity contribution in [3.05, 3.63) is 71.0 Å². The lowest BCUT2D eigenvalue weighted by molar-refractivity contribution is 0.132. The highest BCUT2D eigenvalue weighted by atomic mass is 16.5. The predicted molar refractivity (Wildman–Crippen MR) is 105 cm³/mol. The van der Waals surface area contributed by atoms with E-state index in [9.17, 15) is 0 Å². The number of nitrogen functional groups attached to an aromatic ring is 1. The van der Waals surface area contributed by atoms with Crippen LogP contribution in [0.5, 0.6) is 11.5 Å². The second kappa shape index (κ2) is 8.14. The molecule has 0 spiro atoms. The fourth-order valence-corrected chi connectivity index (χ4v) is 3.11. The summed E-state index contributed by atoms with van der Waals surface area (Å²) in [5.74, 6) is 2.09. The van der Waals surface area contributed by atoms with Gasteiger partial charge in [0.15, 0.2) is 5.95 Å². The van der Waals surface area contributed by atoms with Crippen molar-refractivity contribution in [2.45, 2.75) is 12.5 Å². The van der Waals surface area contributed by atoms with E-state index >= 15 is 0 Å². The first-order valence-corrected chi connectivity index (χ1v) is 8.68. The van der Waals surface area contributed by atoms with Crippen LogP contribution in [0.2, 0.25) is 0 Å². The Morgan fingerprint density at radius 2 is 1.48 bits per heavy atom. The number of imidazole rings is 1. The molecular weight excluding hydrogens is 342 g/mol. The second-order valence-electron chi connectivity index (χ2n) is 6.27. The Morgan fingerprint density at radius 1 is 0.926 bits per heavy atom. The lowest BCUT2D eigenvalue weighted by Gasteiger charge is -2.17. The molecule has 142 valence electrons. The number of aromatic nitrogens is 2. The average molecular weight is 367 g/mol. The molecule has 0 amide bonds. The predicted octanol–water partition coefficient (Wildman–Crippen LogP) is 3.35. The molecule has 1 heterocycles. The van der Waals surface area contributed by atoms with Crippen LogP contribution in [-0.2, 0) is 18.2 Å². The van der Waals surface area contributed by atoms with Crippen LogP contribution in [0, 0.1) is 0 Å². The summed E-state index contributed by atoms with van der Waals surface area (Å²) < 4.78 is 18.2. The molecule has 0 aliphatic heterocycles. The summed E-state index contributed by atoms with van der Waals surface area (Å²) in [6.45, 7) is 0. The zero-order valence-corrected chi connectivity index (χ0v) is 16.1. The fraction of sp³-hybridized carbons (Fsp3) is 0.286. The van der Waals surface area contributed by atoms with Crippen molar-refractivity contribution in [3.63, 3.8) is 0 Å². The van der Waals surface area contributed by atoms with Crippen molar-refractivity contribution in [1.29, 1.82) is 0 Å². The molecule has 1 aromatic heterocycles. The van der Waals surface area contributed by atoms with Crippen molar-refractivity contribution in [1.82, 2.24) is 9.55 Å². The quantitative estimate of drug-likeness (QED) is 0.693. The average Bonchev–Trinajstić information content (AvgIpc) is 2.98.